The lowest BCUT2D eigenvalue weighted by atomic mass is 10.1. The fourth-order valence-electron chi connectivity index (χ4n) is 2.09. The summed E-state index contributed by atoms with van der Waals surface area (Å²) in [5.41, 5.74) is 0.695. The van der Waals surface area contributed by atoms with E-state index in [9.17, 15) is 9.90 Å². The fraction of sp³-hybridized carbons (Fsp3) is 0. The molecule has 3 aromatic rings. The predicted molar refractivity (Wildman–Crippen MR) is 82.5 cm³/mol. The molecule has 0 saturated heterocycles. The zero-order valence-corrected chi connectivity index (χ0v) is 11.1. The smallest absolute Gasteiger partial charge is 0.324 e. The Bertz CT molecular complexity index is 797. The highest BCUT2D eigenvalue weighted by Gasteiger charge is 2.08. The summed E-state index contributed by atoms with van der Waals surface area (Å²) in [5.74, 6) is 0.0424. The molecule has 0 saturated carbocycles. The SMILES string of the molecule is O=C(Nc1ncccc1O)Nc1cccc2ccccc12. The highest BCUT2D eigenvalue weighted by molar-refractivity contribution is 6.06. The van der Waals surface area contributed by atoms with Gasteiger partial charge in [-0.1, -0.05) is 36.4 Å². The van der Waals surface area contributed by atoms with Crippen molar-refractivity contribution in [1.82, 2.24) is 4.98 Å². The normalized spacial score (nSPS) is 10.3. The van der Waals surface area contributed by atoms with Crippen LogP contribution in [-0.4, -0.2) is 16.1 Å². The number of rotatable bonds is 2. The van der Waals surface area contributed by atoms with Crippen LogP contribution in [0.25, 0.3) is 10.8 Å². The van der Waals surface area contributed by atoms with Crippen molar-refractivity contribution in [1.29, 1.82) is 0 Å². The number of carbonyl (C=O) groups is 1. The van der Waals surface area contributed by atoms with Gasteiger partial charge >= 0.3 is 6.03 Å². The molecule has 3 N–H and O–H groups in total. The zero-order valence-electron chi connectivity index (χ0n) is 11.1. The number of fused-ring (bicyclic) bond motifs is 1. The van der Waals surface area contributed by atoms with Crippen molar-refractivity contribution in [2.75, 3.05) is 10.6 Å². The molecule has 1 heterocycles. The van der Waals surface area contributed by atoms with E-state index in [0.717, 1.165) is 10.8 Å². The summed E-state index contributed by atoms with van der Waals surface area (Å²) in [6, 6.07) is 16.0. The van der Waals surface area contributed by atoms with Crippen molar-refractivity contribution in [3.05, 3.63) is 60.8 Å². The summed E-state index contributed by atoms with van der Waals surface area (Å²) >= 11 is 0. The third-order valence-corrected chi connectivity index (χ3v) is 3.06. The van der Waals surface area contributed by atoms with Crippen molar-refractivity contribution in [3.63, 3.8) is 0 Å². The lowest BCUT2D eigenvalue weighted by Gasteiger charge is -2.10. The molecule has 3 rings (SSSR count). The van der Waals surface area contributed by atoms with E-state index < -0.39 is 6.03 Å². The molecule has 21 heavy (non-hydrogen) atoms. The van der Waals surface area contributed by atoms with E-state index in [1.165, 1.54) is 12.3 Å². The molecular formula is C16H13N3O2. The van der Waals surface area contributed by atoms with Gasteiger partial charge in [0.2, 0.25) is 0 Å². The molecule has 104 valence electrons. The van der Waals surface area contributed by atoms with E-state index in [1.807, 2.05) is 42.5 Å². The number of benzene rings is 2. The number of hydrogen-bond acceptors (Lipinski definition) is 3. The number of urea groups is 1. The van der Waals surface area contributed by atoms with Gasteiger partial charge < -0.3 is 10.4 Å². The number of carbonyl (C=O) groups excluding carboxylic acids is 1. The first-order valence-electron chi connectivity index (χ1n) is 6.44. The molecule has 2 aromatic carbocycles. The van der Waals surface area contributed by atoms with Gasteiger partial charge in [0.25, 0.3) is 0 Å². The maximum Gasteiger partial charge on any atom is 0.324 e. The van der Waals surface area contributed by atoms with Crippen LogP contribution in [0.3, 0.4) is 0 Å². The molecule has 0 bridgehead atoms. The largest absolute Gasteiger partial charge is 0.504 e. The minimum atomic E-state index is -0.458. The molecular weight excluding hydrogens is 266 g/mol. The van der Waals surface area contributed by atoms with Crippen molar-refractivity contribution in [3.8, 4) is 5.75 Å². The van der Waals surface area contributed by atoms with E-state index in [0.29, 0.717) is 5.69 Å². The van der Waals surface area contributed by atoms with Crippen LogP contribution in [0, 0.1) is 0 Å². The third-order valence-electron chi connectivity index (χ3n) is 3.06. The standard InChI is InChI=1S/C16H13N3O2/c20-14-9-4-10-17-15(14)19-16(21)18-13-8-3-6-11-5-1-2-7-12(11)13/h1-10,20H,(H2,17,18,19,21). The summed E-state index contributed by atoms with van der Waals surface area (Å²) < 4.78 is 0. The molecule has 0 spiro atoms. The molecule has 0 aliphatic carbocycles. The van der Waals surface area contributed by atoms with Gasteiger partial charge in [-0.05, 0) is 23.6 Å². The van der Waals surface area contributed by atoms with Gasteiger partial charge in [0.15, 0.2) is 11.6 Å². The molecule has 0 radical (unpaired) electrons. The second kappa shape index (κ2) is 5.50. The van der Waals surface area contributed by atoms with Crippen LogP contribution in [0.5, 0.6) is 5.75 Å². The molecule has 0 atom stereocenters. The average molecular weight is 279 g/mol. The van der Waals surface area contributed by atoms with E-state index >= 15 is 0 Å². The number of nitrogens with zero attached hydrogens (tertiary/aromatic N) is 1. The quantitative estimate of drug-likeness (QED) is 0.671. The van der Waals surface area contributed by atoms with Crippen molar-refractivity contribution in [2.24, 2.45) is 0 Å². The molecule has 0 aliphatic rings. The summed E-state index contributed by atoms with van der Waals surface area (Å²) in [4.78, 5) is 15.9. The van der Waals surface area contributed by atoms with Crippen molar-refractivity contribution < 1.29 is 9.90 Å². The van der Waals surface area contributed by atoms with Crippen LogP contribution in [0.2, 0.25) is 0 Å². The summed E-state index contributed by atoms with van der Waals surface area (Å²) in [5, 5.41) is 16.8. The Balaban J connectivity index is 1.82. The van der Waals surface area contributed by atoms with Gasteiger partial charge in [0, 0.05) is 11.6 Å². The van der Waals surface area contributed by atoms with Crippen LogP contribution >= 0.6 is 0 Å². The highest BCUT2D eigenvalue weighted by atomic mass is 16.3. The van der Waals surface area contributed by atoms with E-state index in [2.05, 4.69) is 15.6 Å². The average Bonchev–Trinajstić information content (AvgIpc) is 2.50. The lowest BCUT2D eigenvalue weighted by molar-refractivity contribution is 0.262. The first-order valence-corrected chi connectivity index (χ1v) is 6.44. The number of nitrogens with one attached hydrogen (secondary N) is 2. The zero-order chi connectivity index (χ0) is 14.7. The van der Waals surface area contributed by atoms with Crippen molar-refractivity contribution >= 4 is 28.3 Å². The van der Waals surface area contributed by atoms with Crippen LogP contribution < -0.4 is 10.6 Å². The Kier molecular flexibility index (Phi) is 3.39. The Morgan fingerprint density at radius 2 is 1.76 bits per heavy atom. The van der Waals surface area contributed by atoms with Crippen molar-refractivity contribution in [2.45, 2.75) is 0 Å². The molecule has 5 heteroatoms. The maximum atomic E-state index is 12.0. The van der Waals surface area contributed by atoms with Crippen LogP contribution in [0.15, 0.2) is 60.8 Å². The summed E-state index contributed by atoms with van der Waals surface area (Å²) in [7, 11) is 0. The molecule has 0 fully saturated rings. The van der Waals surface area contributed by atoms with Crippen LogP contribution in [0.1, 0.15) is 0 Å². The summed E-state index contributed by atoms with van der Waals surface area (Å²) in [6.45, 7) is 0. The molecule has 0 unspecified atom stereocenters. The lowest BCUT2D eigenvalue weighted by Crippen LogP contribution is -2.20. The van der Waals surface area contributed by atoms with Gasteiger partial charge in [-0.15, -0.1) is 0 Å². The maximum absolute atomic E-state index is 12.0. The number of aromatic hydroxyl groups is 1. The number of hydrogen-bond donors (Lipinski definition) is 3. The van der Waals surface area contributed by atoms with Crippen LogP contribution in [0.4, 0.5) is 16.3 Å². The van der Waals surface area contributed by atoms with Gasteiger partial charge in [-0.25, -0.2) is 9.78 Å². The first-order chi connectivity index (χ1) is 10.2. The molecule has 2 amide bonds. The highest BCUT2D eigenvalue weighted by Crippen LogP contribution is 2.23. The Labute approximate surface area is 121 Å². The van der Waals surface area contributed by atoms with E-state index in [1.54, 1.807) is 6.07 Å². The Morgan fingerprint density at radius 1 is 0.952 bits per heavy atom. The summed E-state index contributed by atoms with van der Waals surface area (Å²) in [6.07, 6.45) is 1.49. The van der Waals surface area contributed by atoms with E-state index in [-0.39, 0.29) is 11.6 Å². The number of amides is 2. The van der Waals surface area contributed by atoms with Gasteiger partial charge in [0.05, 0.1) is 5.69 Å². The Morgan fingerprint density at radius 3 is 2.62 bits per heavy atom. The molecule has 1 aromatic heterocycles. The number of pyridine rings is 1. The monoisotopic (exact) mass is 279 g/mol. The molecule has 5 nitrogen and oxygen atoms in total. The second-order valence-corrected chi connectivity index (χ2v) is 4.48. The fourth-order valence-corrected chi connectivity index (χ4v) is 2.09. The van der Waals surface area contributed by atoms with Gasteiger partial charge in [-0.2, -0.15) is 0 Å². The minimum absolute atomic E-state index is 0.0782. The van der Waals surface area contributed by atoms with Gasteiger partial charge in [0.1, 0.15) is 0 Å². The number of anilines is 2. The predicted octanol–water partition coefficient (Wildman–Crippen LogP) is 3.58. The molecule has 0 aliphatic heterocycles. The first kappa shape index (κ1) is 12.9. The second-order valence-electron chi connectivity index (χ2n) is 4.48. The Hall–Kier alpha value is -3.08. The van der Waals surface area contributed by atoms with E-state index in [4.69, 9.17) is 0 Å². The minimum Gasteiger partial charge on any atom is -0.504 e. The topological polar surface area (TPSA) is 74.2 Å². The number of aromatic nitrogens is 1. The van der Waals surface area contributed by atoms with Gasteiger partial charge in [-0.3, -0.25) is 5.32 Å². The van der Waals surface area contributed by atoms with Crippen LogP contribution in [-0.2, 0) is 0 Å². The third kappa shape index (κ3) is 2.76.